The van der Waals surface area contributed by atoms with Gasteiger partial charge in [-0.2, -0.15) is 13.2 Å². The van der Waals surface area contributed by atoms with Gasteiger partial charge in [-0.15, -0.1) is 0 Å². The van der Waals surface area contributed by atoms with Crippen molar-refractivity contribution in [2.75, 3.05) is 19.7 Å². The monoisotopic (exact) mass is 635 g/mol. The number of hydrogen-bond donors (Lipinski definition) is 0. The molecule has 0 spiro atoms. The zero-order valence-corrected chi connectivity index (χ0v) is 26.8. The SMILES string of the molecule is CCOc1ccc(-n2c([C@H](C)N(C(=O)Cc3ccc(C)c(C(F)(F)F)c3)C3CCN(C(C)C)CC3)nc3ncccc3c2=O)cc1. The van der Waals surface area contributed by atoms with Crippen LogP contribution in [0.25, 0.3) is 16.7 Å². The summed E-state index contributed by atoms with van der Waals surface area (Å²) in [6, 6.07) is 13.9. The lowest BCUT2D eigenvalue weighted by Crippen LogP contribution is -2.50. The minimum atomic E-state index is -4.53. The Morgan fingerprint density at radius 2 is 1.76 bits per heavy atom. The highest BCUT2D eigenvalue weighted by Gasteiger charge is 2.36. The van der Waals surface area contributed by atoms with Crippen molar-refractivity contribution in [2.45, 2.75) is 78.2 Å². The number of benzene rings is 2. The number of fused-ring (bicyclic) bond motifs is 1. The molecule has 0 radical (unpaired) electrons. The molecule has 2 aromatic heterocycles. The van der Waals surface area contributed by atoms with Gasteiger partial charge in [0.1, 0.15) is 11.6 Å². The number of aryl methyl sites for hydroxylation is 1. The lowest BCUT2D eigenvalue weighted by molar-refractivity contribution is -0.139. The fraction of sp³-hybridized carbons (Fsp3) is 0.429. The quantitative estimate of drug-likeness (QED) is 0.209. The van der Waals surface area contributed by atoms with Crippen molar-refractivity contribution in [3.8, 4) is 11.4 Å². The molecule has 4 aromatic rings. The molecule has 3 heterocycles. The van der Waals surface area contributed by atoms with Crippen LogP contribution in [0.5, 0.6) is 5.75 Å². The van der Waals surface area contributed by atoms with Gasteiger partial charge in [-0.05, 0) is 101 Å². The molecule has 1 fully saturated rings. The van der Waals surface area contributed by atoms with Crippen molar-refractivity contribution < 1.29 is 22.7 Å². The van der Waals surface area contributed by atoms with Crippen molar-refractivity contribution in [3.05, 3.63) is 93.7 Å². The summed E-state index contributed by atoms with van der Waals surface area (Å²) in [5.74, 6) is 0.635. The van der Waals surface area contributed by atoms with Gasteiger partial charge < -0.3 is 14.5 Å². The van der Waals surface area contributed by atoms with E-state index < -0.39 is 17.8 Å². The summed E-state index contributed by atoms with van der Waals surface area (Å²) in [6.45, 7) is 11.4. The van der Waals surface area contributed by atoms with Crippen molar-refractivity contribution >= 4 is 16.9 Å². The number of nitrogens with zero attached hydrogens (tertiary/aromatic N) is 5. The topological polar surface area (TPSA) is 80.6 Å². The lowest BCUT2D eigenvalue weighted by atomic mass is 9.97. The van der Waals surface area contributed by atoms with Crippen LogP contribution in [0.2, 0.25) is 0 Å². The Balaban J connectivity index is 1.60. The molecule has 0 unspecified atom stereocenters. The molecular weight excluding hydrogens is 595 g/mol. The third kappa shape index (κ3) is 6.94. The molecule has 1 amide bonds. The molecule has 1 saturated heterocycles. The van der Waals surface area contributed by atoms with E-state index in [-0.39, 0.29) is 40.7 Å². The Hall–Kier alpha value is -4.25. The molecule has 11 heteroatoms. The molecule has 0 saturated carbocycles. The molecular formula is C35H40F3N5O3. The van der Waals surface area contributed by atoms with E-state index in [1.165, 1.54) is 17.6 Å². The normalized spacial score (nSPS) is 15.3. The number of carbonyl (C=O) groups is 1. The minimum absolute atomic E-state index is 0.0993. The molecule has 46 heavy (non-hydrogen) atoms. The van der Waals surface area contributed by atoms with Gasteiger partial charge in [0.25, 0.3) is 5.56 Å². The van der Waals surface area contributed by atoms with Gasteiger partial charge in [0.2, 0.25) is 5.91 Å². The number of halogens is 3. The number of aromatic nitrogens is 3. The van der Waals surface area contributed by atoms with Crippen LogP contribution < -0.4 is 10.3 Å². The zero-order chi connectivity index (χ0) is 33.2. The Bertz CT molecular complexity index is 1750. The van der Waals surface area contributed by atoms with Crippen LogP contribution in [0.1, 0.15) is 69.1 Å². The number of likely N-dealkylation sites (tertiary alicyclic amines) is 1. The molecule has 2 aromatic carbocycles. The van der Waals surface area contributed by atoms with E-state index in [9.17, 15) is 22.8 Å². The summed E-state index contributed by atoms with van der Waals surface area (Å²) in [7, 11) is 0. The maximum Gasteiger partial charge on any atom is 0.416 e. The van der Waals surface area contributed by atoms with Crippen LogP contribution in [0.4, 0.5) is 13.2 Å². The van der Waals surface area contributed by atoms with Crippen LogP contribution in [0, 0.1) is 6.92 Å². The van der Waals surface area contributed by atoms with Crippen LogP contribution >= 0.6 is 0 Å². The summed E-state index contributed by atoms with van der Waals surface area (Å²) >= 11 is 0. The van der Waals surface area contributed by atoms with Crippen molar-refractivity contribution in [1.29, 1.82) is 0 Å². The smallest absolute Gasteiger partial charge is 0.416 e. The largest absolute Gasteiger partial charge is 0.494 e. The van der Waals surface area contributed by atoms with E-state index in [4.69, 9.17) is 9.72 Å². The molecule has 1 atom stereocenters. The Kier molecular flexibility index (Phi) is 9.81. The third-order valence-corrected chi connectivity index (χ3v) is 8.74. The van der Waals surface area contributed by atoms with E-state index in [1.54, 1.807) is 53.6 Å². The molecule has 5 rings (SSSR count). The van der Waals surface area contributed by atoms with Gasteiger partial charge in [-0.25, -0.2) is 9.97 Å². The highest BCUT2D eigenvalue weighted by Crippen LogP contribution is 2.34. The fourth-order valence-electron chi connectivity index (χ4n) is 6.31. The number of amides is 1. The first-order chi connectivity index (χ1) is 21.9. The van der Waals surface area contributed by atoms with Crippen LogP contribution in [0.15, 0.2) is 65.6 Å². The third-order valence-electron chi connectivity index (χ3n) is 8.74. The highest BCUT2D eigenvalue weighted by atomic mass is 19.4. The van der Waals surface area contributed by atoms with E-state index >= 15 is 0 Å². The second-order valence-electron chi connectivity index (χ2n) is 12.1. The van der Waals surface area contributed by atoms with Gasteiger partial charge in [0, 0.05) is 31.4 Å². The fourth-order valence-corrected chi connectivity index (χ4v) is 6.31. The first-order valence-electron chi connectivity index (χ1n) is 15.7. The van der Waals surface area contributed by atoms with Gasteiger partial charge in [-0.1, -0.05) is 12.1 Å². The maximum absolute atomic E-state index is 14.3. The first kappa shape index (κ1) is 33.1. The average molecular weight is 636 g/mol. The Morgan fingerprint density at radius 3 is 2.39 bits per heavy atom. The average Bonchev–Trinajstić information content (AvgIpc) is 3.02. The molecule has 0 aliphatic carbocycles. The molecule has 244 valence electrons. The van der Waals surface area contributed by atoms with E-state index in [2.05, 4.69) is 23.7 Å². The van der Waals surface area contributed by atoms with Crippen molar-refractivity contribution in [3.63, 3.8) is 0 Å². The van der Waals surface area contributed by atoms with Gasteiger partial charge >= 0.3 is 6.18 Å². The van der Waals surface area contributed by atoms with Gasteiger partial charge in [0.05, 0.1) is 35.7 Å². The predicted octanol–water partition coefficient (Wildman–Crippen LogP) is 6.51. The number of carbonyl (C=O) groups excluding carboxylic acids is 1. The van der Waals surface area contributed by atoms with E-state index in [0.29, 0.717) is 48.1 Å². The Morgan fingerprint density at radius 1 is 1.07 bits per heavy atom. The second kappa shape index (κ2) is 13.6. The molecule has 0 bridgehead atoms. The van der Waals surface area contributed by atoms with Crippen molar-refractivity contribution in [1.82, 2.24) is 24.3 Å². The number of ether oxygens (including phenoxy) is 1. The first-order valence-corrected chi connectivity index (χ1v) is 15.7. The predicted molar refractivity (Wildman–Crippen MR) is 171 cm³/mol. The number of hydrogen-bond acceptors (Lipinski definition) is 6. The maximum atomic E-state index is 14.3. The minimum Gasteiger partial charge on any atom is -0.494 e. The summed E-state index contributed by atoms with van der Waals surface area (Å²) in [6.07, 6.45) is -1.85. The summed E-state index contributed by atoms with van der Waals surface area (Å²) < 4.78 is 48.4. The summed E-state index contributed by atoms with van der Waals surface area (Å²) in [5.41, 5.74) is 0.0867. The number of rotatable bonds is 9. The highest BCUT2D eigenvalue weighted by molar-refractivity contribution is 5.80. The molecule has 0 N–H and O–H groups in total. The molecule has 1 aliphatic heterocycles. The number of alkyl halides is 3. The molecule has 1 aliphatic rings. The second-order valence-corrected chi connectivity index (χ2v) is 12.1. The van der Waals surface area contributed by atoms with Crippen LogP contribution in [-0.2, 0) is 17.4 Å². The number of pyridine rings is 1. The summed E-state index contributed by atoms with van der Waals surface area (Å²) in [4.78, 5) is 41.6. The van der Waals surface area contributed by atoms with E-state index in [1.807, 2.05) is 13.8 Å². The standard InChI is InChI=1S/C35H40F3N5O3/c1-6-46-28-13-11-26(12-14-28)43-33(40-32-29(34(43)45)8-7-17-39-32)24(5)42(27-15-18-41(19-16-27)22(2)3)31(44)21-25-10-9-23(4)30(20-25)35(36,37)38/h7-14,17,20,22,24,27H,6,15-16,18-19,21H2,1-5H3/t24-/m0/s1. The van der Waals surface area contributed by atoms with Crippen molar-refractivity contribution in [2.24, 2.45) is 0 Å². The summed E-state index contributed by atoms with van der Waals surface area (Å²) in [5, 5.41) is 0.329. The number of piperidine rings is 1. The zero-order valence-electron chi connectivity index (χ0n) is 26.8. The molecule has 8 nitrogen and oxygen atoms in total. The van der Waals surface area contributed by atoms with Gasteiger partial charge in [-0.3, -0.25) is 14.2 Å². The van der Waals surface area contributed by atoms with E-state index in [0.717, 1.165) is 19.2 Å². The van der Waals surface area contributed by atoms with Gasteiger partial charge in [0.15, 0.2) is 5.65 Å². The lowest BCUT2D eigenvalue weighted by Gasteiger charge is -2.42. The Labute approximate surface area is 266 Å². The van der Waals surface area contributed by atoms with Crippen LogP contribution in [-0.4, -0.2) is 62.0 Å². The van der Waals surface area contributed by atoms with Crippen LogP contribution in [0.3, 0.4) is 0 Å².